The molecule has 0 aliphatic carbocycles. The second kappa shape index (κ2) is 6.76. The van der Waals surface area contributed by atoms with E-state index in [1.807, 2.05) is 12.1 Å². The molecular weight excluding hydrogens is 226 g/mol. The zero-order valence-electron chi connectivity index (χ0n) is 11.1. The Hall–Kier alpha value is -1.06. The van der Waals surface area contributed by atoms with E-state index in [0.29, 0.717) is 17.7 Å². The van der Waals surface area contributed by atoms with E-state index in [9.17, 15) is 5.11 Å². The van der Waals surface area contributed by atoms with Crippen LogP contribution in [0.2, 0.25) is 0 Å². The summed E-state index contributed by atoms with van der Waals surface area (Å²) in [6.45, 7) is 5.08. The van der Waals surface area contributed by atoms with Crippen LogP contribution in [0.5, 0.6) is 5.75 Å². The molecule has 1 heterocycles. The second-order valence-electron chi connectivity index (χ2n) is 5.26. The van der Waals surface area contributed by atoms with Gasteiger partial charge in [0, 0.05) is 19.2 Å². The van der Waals surface area contributed by atoms with Gasteiger partial charge in [0.2, 0.25) is 0 Å². The second-order valence-corrected chi connectivity index (χ2v) is 5.26. The van der Waals surface area contributed by atoms with Gasteiger partial charge in [-0.15, -0.1) is 0 Å². The summed E-state index contributed by atoms with van der Waals surface area (Å²) < 4.78 is 5.48. The highest BCUT2D eigenvalue weighted by atomic mass is 16.5. The fourth-order valence-corrected chi connectivity index (χ4v) is 2.39. The lowest BCUT2D eigenvalue weighted by Gasteiger charge is -2.24. The van der Waals surface area contributed by atoms with Crippen LogP contribution in [0, 0.1) is 5.92 Å². The number of hydrogen-bond donors (Lipinski definition) is 2. The van der Waals surface area contributed by atoms with Gasteiger partial charge in [0.15, 0.2) is 0 Å². The fourth-order valence-electron chi connectivity index (χ4n) is 2.39. The topological polar surface area (TPSA) is 41.5 Å². The Labute approximate surface area is 109 Å². The average molecular weight is 249 g/mol. The molecule has 0 aromatic heterocycles. The highest BCUT2D eigenvalue weighted by Crippen LogP contribution is 2.14. The first-order valence-corrected chi connectivity index (χ1v) is 6.83. The summed E-state index contributed by atoms with van der Waals surface area (Å²) in [5.74, 6) is 1.000. The molecule has 0 amide bonds. The Morgan fingerprint density at radius 3 is 2.83 bits per heavy atom. The molecule has 1 aliphatic heterocycles. The molecule has 0 spiro atoms. The third-order valence-corrected chi connectivity index (χ3v) is 3.49. The van der Waals surface area contributed by atoms with Gasteiger partial charge in [-0.25, -0.2) is 0 Å². The van der Waals surface area contributed by atoms with Gasteiger partial charge in [-0.3, -0.25) is 0 Å². The zero-order valence-corrected chi connectivity index (χ0v) is 11.1. The van der Waals surface area contributed by atoms with Crippen LogP contribution < -0.4 is 5.32 Å². The van der Waals surface area contributed by atoms with E-state index in [-0.39, 0.29) is 0 Å². The smallest absolute Gasteiger partial charge is 0.115 e. The molecule has 0 saturated carbocycles. The number of benzene rings is 1. The zero-order chi connectivity index (χ0) is 12.8. The Kier molecular flexibility index (Phi) is 5.02. The van der Waals surface area contributed by atoms with Gasteiger partial charge < -0.3 is 15.2 Å². The van der Waals surface area contributed by atoms with Crippen molar-refractivity contribution in [2.75, 3.05) is 19.8 Å². The first-order chi connectivity index (χ1) is 8.74. The summed E-state index contributed by atoms with van der Waals surface area (Å²) in [4.78, 5) is 0. The van der Waals surface area contributed by atoms with E-state index in [0.717, 1.165) is 26.2 Å². The minimum atomic E-state index is 0.332. The predicted octanol–water partition coefficient (Wildman–Crippen LogP) is 2.34. The van der Waals surface area contributed by atoms with E-state index < -0.39 is 0 Å². The molecular formula is C15H23NO2. The van der Waals surface area contributed by atoms with Gasteiger partial charge in [-0.05, 0) is 49.8 Å². The van der Waals surface area contributed by atoms with Crippen LogP contribution in [-0.4, -0.2) is 30.9 Å². The number of nitrogens with one attached hydrogen (secondary N) is 1. The summed E-state index contributed by atoms with van der Waals surface area (Å²) in [6.07, 6.45) is 3.46. The van der Waals surface area contributed by atoms with Crippen molar-refractivity contribution in [3.8, 4) is 5.75 Å². The Balaban J connectivity index is 1.71. The van der Waals surface area contributed by atoms with Crippen LogP contribution in [0.1, 0.15) is 25.3 Å². The van der Waals surface area contributed by atoms with Crippen LogP contribution >= 0.6 is 0 Å². The molecule has 2 atom stereocenters. The average Bonchev–Trinajstić information content (AvgIpc) is 2.40. The molecule has 100 valence electrons. The molecule has 1 saturated heterocycles. The van der Waals surface area contributed by atoms with Gasteiger partial charge in [0.25, 0.3) is 0 Å². The lowest BCUT2D eigenvalue weighted by Crippen LogP contribution is -2.35. The van der Waals surface area contributed by atoms with Crippen molar-refractivity contribution in [1.29, 1.82) is 0 Å². The summed E-state index contributed by atoms with van der Waals surface area (Å²) >= 11 is 0. The number of hydrogen-bond acceptors (Lipinski definition) is 3. The summed E-state index contributed by atoms with van der Waals surface area (Å²) in [6, 6.07) is 7.92. The van der Waals surface area contributed by atoms with E-state index in [1.54, 1.807) is 12.1 Å². The van der Waals surface area contributed by atoms with Crippen molar-refractivity contribution in [3.05, 3.63) is 29.8 Å². The van der Waals surface area contributed by atoms with Crippen molar-refractivity contribution < 1.29 is 9.84 Å². The maximum absolute atomic E-state index is 9.23. The first kappa shape index (κ1) is 13.4. The maximum atomic E-state index is 9.23. The number of ether oxygens (including phenoxy) is 1. The summed E-state index contributed by atoms with van der Waals surface area (Å²) in [7, 11) is 0. The molecule has 1 aromatic rings. The highest BCUT2D eigenvalue weighted by molar-refractivity contribution is 5.26. The van der Waals surface area contributed by atoms with Gasteiger partial charge in [0.1, 0.15) is 5.75 Å². The van der Waals surface area contributed by atoms with Crippen LogP contribution in [-0.2, 0) is 11.2 Å². The van der Waals surface area contributed by atoms with E-state index in [1.165, 1.54) is 18.4 Å². The van der Waals surface area contributed by atoms with Gasteiger partial charge >= 0.3 is 0 Å². The number of aromatic hydroxyl groups is 1. The van der Waals surface area contributed by atoms with E-state index >= 15 is 0 Å². The molecule has 1 aromatic carbocycles. The Morgan fingerprint density at radius 2 is 2.17 bits per heavy atom. The minimum absolute atomic E-state index is 0.332. The van der Waals surface area contributed by atoms with Crippen LogP contribution in [0.4, 0.5) is 0 Å². The van der Waals surface area contributed by atoms with Crippen LogP contribution in [0.25, 0.3) is 0 Å². The molecule has 3 nitrogen and oxygen atoms in total. The van der Waals surface area contributed by atoms with Gasteiger partial charge in [-0.2, -0.15) is 0 Å². The number of rotatable bonds is 5. The molecule has 0 bridgehead atoms. The van der Waals surface area contributed by atoms with E-state index in [2.05, 4.69) is 12.2 Å². The SMILES string of the molecule is CC(Cc1ccc(O)cc1)NCC1CCCOC1. The maximum Gasteiger partial charge on any atom is 0.115 e. The first-order valence-electron chi connectivity index (χ1n) is 6.83. The quantitative estimate of drug-likeness (QED) is 0.841. The molecule has 18 heavy (non-hydrogen) atoms. The van der Waals surface area contributed by atoms with Gasteiger partial charge in [-0.1, -0.05) is 12.1 Å². The lowest BCUT2D eigenvalue weighted by atomic mass is 10.0. The van der Waals surface area contributed by atoms with Crippen LogP contribution in [0.15, 0.2) is 24.3 Å². The van der Waals surface area contributed by atoms with Crippen molar-refractivity contribution in [3.63, 3.8) is 0 Å². The molecule has 3 heteroatoms. The van der Waals surface area contributed by atoms with Crippen molar-refractivity contribution in [1.82, 2.24) is 5.32 Å². The number of phenols is 1. The van der Waals surface area contributed by atoms with Crippen molar-refractivity contribution in [2.24, 2.45) is 5.92 Å². The normalized spacial score (nSPS) is 21.7. The third kappa shape index (κ3) is 4.31. The molecule has 2 N–H and O–H groups in total. The molecule has 1 fully saturated rings. The third-order valence-electron chi connectivity index (χ3n) is 3.49. The lowest BCUT2D eigenvalue weighted by molar-refractivity contribution is 0.0540. The Morgan fingerprint density at radius 1 is 1.39 bits per heavy atom. The molecule has 2 unspecified atom stereocenters. The Bertz CT molecular complexity index is 344. The van der Waals surface area contributed by atoms with Crippen LogP contribution in [0.3, 0.4) is 0 Å². The molecule has 0 radical (unpaired) electrons. The number of phenolic OH excluding ortho intramolecular Hbond substituents is 1. The minimum Gasteiger partial charge on any atom is -0.508 e. The van der Waals surface area contributed by atoms with Gasteiger partial charge in [0.05, 0.1) is 6.61 Å². The predicted molar refractivity (Wildman–Crippen MR) is 72.8 cm³/mol. The largest absolute Gasteiger partial charge is 0.508 e. The summed E-state index contributed by atoms with van der Waals surface area (Å²) in [5, 5.41) is 12.8. The molecule has 1 aliphatic rings. The molecule has 2 rings (SSSR count). The van der Waals surface area contributed by atoms with E-state index in [4.69, 9.17) is 4.74 Å². The standard InChI is InChI=1S/C15H23NO2/c1-12(9-13-4-6-15(17)7-5-13)16-10-14-3-2-8-18-11-14/h4-7,12,14,16-17H,2-3,8-11H2,1H3. The highest BCUT2D eigenvalue weighted by Gasteiger charge is 2.14. The van der Waals surface area contributed by atoms with Crippen molar-refractivity contribution >= 4 is 0 Å². The summed E-state index contributed by atoms with van der Waals surface area (Å²) in [5.41, 5.74) is 1.26. The van der Waals surface area contributed by atoms with Crippen molar-refractivity contribution in [2.45, 2.75) is 32.2 Å². The monoisotopic (exact) mass is 249 g/mol. The fraction of sp³-hybridized carbons (Fsp3) is 0.600.